The number of nitrogens with zero attached hydrogens (tertiary/aromatic N) is 1. The van der Waals surface area contributed by atoms with Gasteiger partial charge in [0.15, 0.2) is 0 Å². The Hall–Kier alpha value is -1.45. The highest BCUT2D eigenvalue weighted by Gasteiger charge is 2.26. The van der Waals surface area contributed by atoms with Gasteiger partial charge in [-0.1, -0.05) is 24.3 Å². The Morgan fingerprint density at radius 2 is 2.06 bits per heavy atom. The van der Waals surface area contributed by atoms with E-state index in [9.17, 15) is 5.11 Å². The Morgan fingerprint density at radius 1 is 1.22 bits per heavy atom. The molecule has 1 heterocycles. The third kappa shape index (κ3) is 2.37. The minimum absolute atomic E-state index is 0.0592. The zero-order valence-corrected chi connectivity index (χ0v) is 10.3. The van der Waals surface area contributed by atoms with Crippen molar-refractivity contribution >= 4 is 10.8 Å². The first kappa shape index (κ1) is 11.6. The minimum Gasteiger partial charge on any atom is -0.393 e. The fraction of sp³-hybridized carbons (Fsp3) is 0.400. The molecule has 1 saturated carbocycles. The molecule has 18 heavy (non-hydrogen) atoms. The third-order valence-corrected chi connectivity index (χ3v) is 3.71. The van der Waals surface area contributed by atoms with E-state index < -0.39 is 0 Å². The molecular formula is C15H18N2O. The zero-order chi connectivity index (χ0) is 12.4. The van der Waals surface area contributed by atoms with E-state index in [0.717, 1.165) is 25.9 Å². The van der Waals surface area contributed by atoms with Crippen LogP contribution in [0.4, 0.5) is 0 Å². The summed E-state index contributed by atoms with van der Waals surface area (Å²) in [6.07, 6.45) is 5.67. The summed E-state index contributed by atoms with van der Waals surface area (Å²) in [6, 6.07) is 8.33. The van der Waals surface area contributed by atoms with Gasteiger partial charge >= 0.3 is 0 Å². The fourth-order valence-electron chi connectivity index (χ4n) is 2.60. The molecule has 1 aromatic carbocycles. The molecule has 3 nitrogen and oxygen atoms in total. The fourth-order valence-corrected chi connectivity index (χ4v) is 2.60. The van der Waals surface area contributed by atoms with Crippen molar-refractivity contribution < 1.29 is 5.11 Å². The summed E-state index contributed by atoms with van der Waals surface area (Å²) in [4.78, 5) is 4.28. The van der Waals surface area contributed by atoms with Crippen LogP contribution in [-0.4, -0.2) is 22.7 Å². The van der Waals surface area contributed by atoms with Crippen molar-refractivity contribution in [3.63, 3.8) is 0 Å². The second-order valence-corrected chi connectivity index (χ2v) is 5.14. The lowest BCUT2D eigenvalue weighted by molar-refractivity contribution is 0.0430. The predicted molar refractivity (Wildman–Crippen MR) is 72.2 cm³/mol. The molecule has 2 aromatic rings. The maximum absolute atomic E-state index is 9.24. The maximum atomic E-state index is 9.24. The van der Waals surface area contributed by atoms with Crippen LogP contribution >= 0.6 is 0 Å². The average molecular weight is 242 g/mol. The van der Waals surface area contributed by atoms with E-state index in [0.29, 0.717) is 5.92 Å². The van der Waals surface area contributed by atoms with Gasteiger partial charge in [-0.3, -0.25) is 4.98 Å². The van der Waals surface area contributed by atoms with E-state index in [4.69, 9.17) is 0 Å². The third-order valence-electron chi connectivity index (χ3n) is 3.71. The predicted octanol–water partition coefficient (Wildman–Crippen LogP) is 2.10. The van der Waals surface area contributed by atoms with E-state index >= 15 is 0 Å². The van der Waals surface area contributed by atoms with Gasteiger partial charge in [0.1, 0.15) is 0 Å². The molecule has 1 aliphatic rings. The Morgan fingerprint density at radius 3 is 2.89 bits per heavy atom. The van der Waals surface area contributed by atoms with Crippen LogP contribution in [-0.2, 0) is 6.54 Å². The molecule has 0 aliphatic heterocycles. The SMILES string of the molecule is OC1CC(CNCc2cncc3ccccc23)C1. The lowest BCUT2D eigenvalue weighted by Gasteiger charge is -2.31. The highest BCUT2D eigenvalue weighted by atomic mass is 16.3. The van der Waals surface area contributed by atoms with Gasteiger partial charge in [0.05, 0.1) is 6.10 Å². The number of fused-ring (bicyclic) bond motifs is 1. The lowest BCUT2D eigenvalue weighted by atomic mass is 9.82. The Balaban J connectivity index is 1.64. The molecule has 1 aromatic heterocycles. The summed E-state index contributed by atoms with van der Waals surface area (Å²) in [5, 5.41) is 15.2. The number of aliphatic hydroxyl groups is 1. The van der Waals surface area contributed by atoms with Crippen molar-refractivity contribution in [1.82, 2.24) is 10.3 Å². The van der Waals surface area contributed by atoms with Gasteiger partial charge < -0.3 is 10.4 Å². The summed E-state index contributed by atoms with van der Waals surface area (Å²) < 4.78 is 0. The molecule has 3 rings (SSSR count). The van der Waals surface area contributed by atoms with E-state index in [1.807, 2.05) is 18.5 Å². The van der Waals surface area contributed by atoms with Crippen LogP contribution in [0.1, 0.15) is 18.4 Å². The maximum Gasteiger partial charge on any atom is 0.0546 e. The van der Waals surface area contributed by atoms with E-state index in [1.165, 1.54) is 16.3 Å². The molecule has 94 valence electrons. The van der Waals surface area contributed by atoms with Gasteiger partial charge in [0.25, 0.3) is 0 Å². The molecule has 0 spiro atoms. The Kier molecular flexibility index (Phi) is 3.26. The normalized spacial score (nSPS) is 22.9. The van der Waals surface area contributed by atoms with Crippen molar-refractivity contribution in [1.29, 1.82) is 0 Å². The minimum atomic E-state index is -0.0592. The molecule has 0 amide bonds. The van der Waals surface area contributed by atoms with Gasteiger partial charge in [0, 0.05) is 24.3 Å². The summed E-state index contributed by atoms with van der Waals surface area (Å²) in [7, 11) is 0. The van der Waals surface area contributed by atoms with Crippen molar-refractivity contribution in [3.05, 3.63) is 42.2 Å². The second kappa shape index (κ2) is 5.04. The highest BCUT2D eigenvalue weighted by Crippen LogP contribution is 2.26. The molecular weight excluding hydrogens is 224 g/mol. The van der Waals surface area contributed by atoms with Crippen LogP contribution in [0.3, 0.4) is 0 Å². The quantitative estimate of drug-likeness (QED) is 0.863. The summed E-state index contributed by atoms with van der Waals surface area (Å²) in [5.74, 6) is 0.642. The Labute approximate surface area is 107 Å². The zero-order valence-electron chi connectivity index (χ0n) is 10.3. The highest BCUT2D eigenvalue weighted by molar-refractivity contribution is 5.84. The number of benzene rings is 1. The first-order valence-corrected chi connectivity index (χ1v) is 6.53. The number of pyridine rings is 1. The molecule has 0 unspecified atom stereocenters. The molecule has 0 saturated heterocycles. The smallest absolute Gasteiger partial charge is 0.0546 e. The number of aromatic nitrogens is 1. The van der Waals surface area contributed by atoms with E-state index in [1.54, 1.807) is 0 Å². The Bertz CT molecular complexity index is 530. The lowest BCUT2D eigenvalue weighted by Crippen LogP contribution is -2.35. The van der Waals surface area contributed by atoms with Crippen molar-refractivity contribution in [2.24, 2.45) is 5.92 Å². The standard InChI is InChI=1S/C15H18N2O/c18-14-5-11(6-14)7-16-9-13-10-17-8-12-3-1-2-4-15(12)13/h1-4,8,10-11,14,16,18H,5-7,9H2. The summed E-state index contributed by atoms with van der Waals surface area (Å²) in [5.41, 5.74) is 1.24. The number of aliphatic hydroxyl groups excluding tert-OH is 1. The average Bonchev–Trinajstić information content (AvgIpc) is 2.37. The van der Waals surface area contributed by atoms with Crippen LogP contribution < -0.4 is 5.32 Å². The van der Waals surface area contributed by atoms with Gasteiger partial charge in [-0.2, -0.15) is 0 Å². The molecule has 1 aliphatic carbocycles. The first-order valence-electron chi connectivity index (χ1n) is 6.53. The first-order chi connectivity index (χ1) is 8.83. The summed E-state index contributed by atoms with van der Waals surface area (Å²) in [6.45, 7) is 1.83. The molecule has 0 radical (unpaired) electrons. The number of hydrogen-bond donors (Lipinski definition) is 2. The van der Waals surface area contributed by atoms with Crippen LogP contribution in [0.15, 0.2) is 36.7 Å². The van der Waals surface area contributed by atoms with Gasteiger partial charge in [-0.15, -0.1) is 0 Å². The van der Waals surface area contributed by atoms with Crippen LogP contribution in [0, 0.1) is 5.92 Å². The van der Waals surface area contributed by atoms with Crippen molar-refractivity contribution in [2.75, 3.05) is 6.54 Å². The van der Waals surface area contributed by atoms with Crippen LogP contribution in [0.25, 0.3) is 10.8 Å². The topological polar surface area (TPSA) is 45.1 Å². The van der Waals surface area contributed by atoms with Gasteiger partial charge in [-0.25, -0.2) is 0 Å². The molecule has 0 bridgehead atoms. The molecule has 0 atom stereocenters. The number of rotatable bonds is 4. The second-order valence-electron chi connectivity index (χ2n) is 5.14. The summed E-state index contributed by atoms with van der Waals surface area (Å²) >= 11 is 0. The largest absolute Gasteiger partial charge is 0.393 e. The van der Waals surface area contributed by atoms with E-state index in [-0.39, 0.29) is 6.10 Å². The van der Waals surface area contributed by atoms with Crippen LogP contribution in [0.5, 0.6) is 0 Å². The number of nitrogens with one attached hydrogen (secondary N) is 1. The molecule has 3 heteroatoms. The molecule has 1 fully saturated rings. The van der Waals surface area contributed by atoms with E-state index in [2.05, 4.69) is 28.5 Å². The molecule has 2 N–H and O–H groups in total. The van der Waals surface area contributed by atoms with Crippen LogP contribution in [0.2, 0.25) is 0 Å². The number of hydrogen-bond acceptors (Lipinski definition) is 3. The van der Waals surface area contributed by atoms with Crippen molar-refractivity contribution in [3.8, 4) is 0 Å². The van der Waals surface area contributed by atoms with Gasteiger partial charge in [-0.05, 0) is 36.3 Å². The monoisotopic (exact) mass is 242 g/mol. The van der Waals surface area contributed by atoms with Crippen molar-refractivity contribution in [2.45, 2.75) is 25.5 Å². The van der Waals surface area contributed by atoms with Gasteiger partial charge in [0.2, 0.25) is 0 Å².